The zero-order valence-corrected chi connectivity index (χ0v) is 15.2. The van der Waals surface area contributed by atoms with Crippen LogP contribution in [0.25, 0.3) is 0 Å². The SMILES string of the molecule is CCC[C@@H](C(=O)NNC(=O)c1cc(OC)cc(OC)c1)c1ccccc1. The lowest BCUT2D eigenvalue weighted by Gasteiger charge is -2.17. The number of amides is 2. The van der Waals surface area contributed by atoms with E-state index in [0.29, 0.717) is 23.5 Å². The Morgan fingerprint density at radius 1 is 0.962 bits per heavy atom. The third-order valence-corrected chi connectivity index (χ3v) is 4.01. The molecule has 0 fully saturated rings. The van der Waals surface area contributed by atoms with Crippen molar-refractivity contribution < 1.29 is 19.1 Å². The molecule has 6 nitrogen and oxygen atoms in total. The first-order valence-electron chi connectivity index (χ1n) is 8.47. The Morgan fingerprint density at radius 2 is 1.58 bits per heavy atom. The molecule has 26 heavy (non-hydrogen) atoms. The molecule has 1 atom stereocenters. The topological polar surface area (TPSA) is 76.7 Å². The average Bonchev–Trinajstić information content (AvgIpc) is 2.70. The summed E-state index contributed by atoms with van der Waals surface area (Å²) in [5.41, 5.74) is 6.23. The molecule has 0 aromatic heterocycles. The van der Waals surface area contributed by atoms with E-state index in [1.807, 2.05) is 37.3 Å². The van der Waals surface area contributed by atoms with Crippen LogP contribution in [-0.2, 0) is 4.79 Å². The first kappa shape index (κ1) is 19.3. The lowest BCUT2D eigenvalue weighted by Crippen LogP contribution is -2.44. The van der Waals surface area contributed by atoms with E-state index >= 15 is 0 Å². The molecule has 2 rings (SSSR count). The molecule has 138 valence electrons. The number of nitrogens with one attached hydrogen (secondary N) is 2. The van der Waals surface area contributed by atoms with E-state index in [-0.39, 0.29) is 11.8 Å². The van der Waals surface area contributed by atoms with Crippen molar-refractivity contribution in [1.82, 2.24) is 10.9 Å². The zero-order valence-electron chi connectivity index (χ0n) is 15.2. The van der Waals surface area contributed by atoms with Crippen molar-refractivity contribution in [3.05, 3.63) is 59.7 Å². The van der Waals surface area contributed by atoms with Gasteiger partial charge in [-0.1, -0.05) is 43.7 Å². The number of ether oxygens (including phenoxy) is 2. The van der Waals surface area contributed by atoms with Crippen molar-refractivity contribution >= 4 is 11.8 Å². The van der Waals surface area contributed by atoms with E-state index in [1.165, 1.54) is 14.2 Å². The number of carbonyl (C=O) groups excluding carboxylic acids is 2. The van der Waals surface area contributed by atoms with Gasteiger partial charge in [0.15, 0.2) is 0 Å². The second-order valence-corrected chi connectivity index (χ2v) is 5.80. The van der Waals surface area contributed by atoms with E-state index in [2.05, 4.69) is 10.9 Å². The Morgan fingerprint density at radius 3 is 2.12 bits per heavy atom. The molecule has 2 amide bonds. The van der Waals surface area contributed by atoms with Crippen LogP contribution in [0.1, 0.15) is 41.6 Å². The highest BCUT2D eigenvalue weighted by Gasteiger charge is 2.20. The first-order chi connectivity index (χ1) is 12.6. The molecular weight excluding hydrogens is 332 g/mol. The predicted molar refractivity (Wildman–Crippen MR) is 99.2 cm³/mol. The Bertz CT molecular complexity index is 724. The smallest absolute Gasteiger partial charge is 0.269 e. The summed E-state index contributed by atoms with van der Waals surface area (Å²) in [6, 6.07) is 14.3. The second-order valence-electron chi connectivity index (χ2n) is 5.80. The van der Waals surface area contributed by atoms with Crippen molar-refractivity contribution in [2.75, 3.05) is 14.2 Å². The maximum Gasteiger partial charge on any atom is 0.269 e. The Hall–Kier alpha value is -3.02. The van der Waals surface area contributed by atoms with Gasteiger partial charge >= 0.3 is 0 Å². The zero-order chi connectivity index (χ0) is 18.9. The van der Waals surface area contributed by atoms with Crippen LogP contribution >= 0.6 is 0 Å². The van der Waals surface area contributed by atoms with Crippen LogP contribution in [-0.4, -0.2) is 26.0 Å². The standard InChI is InChI=1S/C20H24N2O4/c1-4-8-18(14-9-6-5-7-10-14)20(24)22-21-19(23)15-11-16(25-2)13-17(12-15)26-3/h5-7,9-13,18H,4,8H2,1-3H3,(H,21,23)(H,22,24)/t18-/m1/s1. The van der Waals surface area contributed by atoms with Gasteiger partial charge in [-0.2, -0.15) is 0 Å². The molecule has 0 spiro atoms. The summed E-state index contributed by atoms with van der Waals surface area (Å²) in [5.74, 6) is -0.0237. The maximum atomic E-state index is 12.5. The van der Waals surface area contributed by atoms with E-state index < -0.39 is 5.91 Å². The van der Waals surface area contributed by atoms with Crippen molar-refractivity contribution in [2.45, 2.75) is 25.7 Å². The van der Waals surface area contributed by atoms with E-state index in [1.54, 1.807) is 18.2 Å². The van der Waals surface area contributed by atoms with Crippen molar-refractivity contribution in [3.8, 4) is 11.5 Å². The maximum absolute atomic E-state index is 12.5. The van der Waals surface area contributed by atoms with Gasteiger partial charge in [0, 0.05) is 11.6 Å². The second kappa shape index (κ2) is 9.46. The summed E-state index contributed by atoms with van der Waals surface area (Å²) in [4.78, 5) is 24.9. The summed E-state index contributed by atoms with van der Waals surface area (Å²) in [6.07, 6.45) is 1.55. The first-order valence-corrected chi connectivity index (χ1v) is 8.47. The molecule has 0 radical (unpaired) electrons. The number of hydrazine groups is 1. The number of hydrogen-bond donors (Lipinski definition) is 2. The van der Waals surface area contributed by atoms with Crippen LogP contribution in [0.2, 0.25) is 0 Å². The quantitative estimate of drug-likeness (QED) is 0.748. The van der Waals surface area contributed by atoms with Crippen LogP contribution in [0.4, 0.5) is 0 Å². The van der Waals surface area contributed by atoms with E-state index in [0.717, 1.165) is 12.0 Å². The highest BCUT2D eigenvalue weighted by Crippen LogP contribution is 2.23. The molecule has 0 aliphatic rings. The summed E-state index contributed by atoms with van der Waals surface area (Å²) in [7, 11) is 3.01. The van der Waals surface area contributed by atoms with Gasteiger partial charge in [-0.05, 0) is 24.1 Å². The van der Waals surface area contributed by atoms with Gasteiger partial charge in [0.05, 0.1) is 20.1 Å². The van der Waals surface area contributed by atoms with Crippen molar-refractivity contribution in [1.29, 1.82) is 0 Å². The predicted octanol–water partition coefficient (Wildman–Crippen LogP) is 3.05. The van der Waals surface area contributed by atoms with Gasteiger partial charge in [-0.15, -0.1) is 0 Å². The van der Waals surface area contributed by atoms with Gasteiger partial charge < -0.3 is 9.47 Å². The fourth-order valence-electron chi connectivity index (χ4n) is 2.64. The molecular formula is C20H24N2O4. The molecule has 0 bridgehead atoms. The van der Waals surface area contributed by atoms with Crippen LogP contribution in [0, 0.1) is 0 Å². The normalized spacial score (nSPS) is 11.3. The highest BCUT2D eigenvalue weighted by atomic mass is 16.5. The lowest BCUT2D eigenvalue weighted by molar-refractivity contribution is -0.123. The van der Waals surface area contributed by atoms with Crippen LogP contribution in [0.5, 0.6) is 11.5 Å². The minimum Gasteiger partial charge on any atom is -0.497 e. The molecule has 6 heteroatoms. The van der Waals surface area contributed by atoms with Crippen LogP contribution in [0.15, 0.2) is 48.5 Å². The third-order valence-electron chi connectivity index (χ3n) is 4.01. The minimum absolute atomic E-state index is 0.249. The molecule has 0 saturated carbocycles. The average molecular weight is 356 g/mol. The van der Waals surface area contributed by atoms with Gasteiger partial charge in [-0.25, -0.2) is 0 Å². The lowest BCUT2D eigenvalue weighted by atomic mass is 9.94. The Balaban J connectivity index is 2.06. The highest BCUT2D eigenvalue weighted by molar-refractivity contribution is 5.96. The monoisotopic (exact) mass is 356 g/mol. The number of methoxy groups -OCH3 is 2. The molecule has 0 aliphatic carbocycles. The number of hydrogen-bond acceptors (Lipinski definition) is 4. The largest absolute Gasteiger partial charge is 0.497 e. The third kappa shape index (κ3) is 4.99. The Labute approximate surface area is 153 Å². The number of benzene rings is 2. The number of carbonyl (C=O) groups is 2. The molecule has 2 N–H and O–H groups in total. The van der Waals surface area contributed by atoms with Crippen LogP contribution < -0.4 is 20.3 Å². The van der Waals surface area contributed by atoms with Crippen LogP contribution in [0.3, 0.4) is 0 Å². The van der Waals surface area contributed by atoms with E-state index in [4.69, 9.17) is 9.47 Å². The fourth-order valence-corrected chi connectivity index (χ4v) is 2.64. The van der Waals surface area contributed by atoms with Gasteiger partial charge in [0.25, 0.3) is 5.91 Å². The Kier molecular flexibility index (Phi) is 7.02. The summed E-state index contributed by atoms with van der Waals surface area (Å²) in [5, 5.41) is 0. The summed E-state index contributed by atoms with van der Waals surface area (Å²) in [6.45, 7) is 2.02. The van der Waals surface area contributed by atoms with Gasteiger partial charge in [0.2, 0.25) is 5.91 Å². The molecule has 0 heterocycles. The number of rotatable bonds is 7. The molecule has 0 saturated heterocycles. The molecule has 0 aliphatic heterocycles. The summed E-state index contributed by atoms with van der Waals surface area (Å²) < 4.78 is 10.3. The van der Waals surface area contributed by atoms with E-state index in [9.17, 15) is 9.59 Å². The molecule has 2 aromatic rings. The molecule has 2 aromatic carbocycles. The van der Waals surface area contributed by atoms with Gasteiger partial charge in [0.1, 0.15) is 11.5 Å². The fraction of sp³-hybridized carbons (Fsp3) is 0.300. The summed E-state index contributed by atoms with van der Waals surface area (Å²) >= 11 is 0. The minimum atomic E-state index is -0.445. The van der Waals surface area contributed by atoms with Gasteiger partial charge in [-0.3, -0.25) is 20.4 Å². The van der Waals surface area contributed by atoms with Crippen molar-refractivity contribution in [2.24, 2.45) is 0 Å². The molecule has 0 unspecified atom stereocenters. The van der Waals surface area contributed by atoms with Crippen molar-refractivity contribution in [3.63, 3.8) is 0 Å².